The van der Waals surface area contributed by atoms with Crippen LogP contribution in [0.25, 0.3) is 0 Å². The van der Waals surface area contributed by atoms with Gasteiger partial charge < -0.3 is 15.4 Å². The van der Waals surface area contributed by atoms with Crippen molar-refractivity contribution in [3.8, 4) is 5.75 Å². The second-order valence-corrected chi connectivity index (χ2v) is 5.72. The smallest absolute Gasteiger partial charge is 0.317 e. The molecule has 4 nitrogen and oxygen atoms in total. The third-order valence-corrected chi connectivity index (χ3v) is 4.05. The van der Waals surface area contributed by atoms with Crippen molar-refractivity contribution in [1.82, 2.24) is 10.6 Å². The van der Waals surface area contributed by atoms with Crippen molar-refractivity contribution in [2.75, 3.05) is 6.73 Å². The van der Waals surface area contributed by atoms with Crippen molar-refractivity contribution in [2.45, 2.75) is 39.7 Å². The number of hydrogen-bond acceptors (Lipinski definition) is 2. The molecule has 0 fully saturated rings. The molecular weight excluding hydrogens is 300 g/mol. The number of urea groups is 1. The summed E-state index contributed by atoms with van der Waals surface area (Å²) >= 11 is 0. The van der Waals surface area contributed by atoms with Crippen molar-refractivity contribution in [3.05, 3.63) is 65.2 Å². The maximum atomic E-state index is 12.0. The fraction of sp³-hybridized carbons (Fsp3) is 0.350. The van der Waals surface area contributed by atoms with Gasteiger partial charge in [0.2, 0.25) is 0 Å². The van der Waals surface area contributed by atoms with Crippen LogP contribution in [-0.2, 0) is 12.8 Å². The molecule has 0 aromatic heterocycles. The summed E-state index contributed by atoms with van der Waals surface area (Å²) in [4.78, 5) is 12.0. The molecule has 0 bridgehead atoms. The summed E-state index contributed by atoms with van der Waals surface area (Å²) in [5, 5.41) is 5.65. The lowest BCUT2D eigenvalue weighted by Gasteiger charge is -2.16. The third-order valence-electron chi connectivity index (χ3n) is 4.05. The molecule has 0 aliphatic rings. The maximum absolute atomic E-state index is 12.0. The SMILES string of the molecule is CCc1ccc(C(C)NC(=O)NCOc2ccccc2CC)cc1. The van der Waals surface area contributed by atoms with Gasteiger partial charge in [-0.15, -0.1) is 0 Å². The van der Waals surface area contributed by atoms with Crippen LogP contribution in [0.4, 0.5) is 4.79 Å². The molecule has 1 unspecified atom stereocenters. The standard InChI is InChI=1S/C20H26N2O2/c1-4-16-10-12-18(13-11-16)15(3)22-20(23)21-14-24-19-9-7-6-8-17(19)5-2/h6-13,15H,4-5,14H2,1-3H3,(H2,21,22,23). The summed E-state index contributed by atoms with van der Waals surface area (Å²) in [5.41, 5.74) is 3.50. The highest BCUT2D eigenvalue weighted by Gasteiger charge is 2.09. The van der Waals surface area contributed by atoms with Crippen LogP contribution in [0.3, 0.4) is 0 Å². The van der Waals surface area contributed by atoms with Gasteiger partial charge in [0, 0.05) is 0 Å². The molecule has 1 atom stereocenters. The van der Waals surface area contributed by atoms with Gasteiger partial charge in [0.05, 0.1) is 6.04 Å². The van der Waals surface area contributed by atoms with E-state index in [0.29, 0.717) is 0 Å². The molecule has 128 valence electrons. The summed E-state index contributed by atoms with van der Waals surface area (Å²) in [6.07, 6.45) is 1.91. The summed E-state index contributed by atoms with van der Waals surface area (Å²) in [6.45, 7) is 6.31. The van der Waals surface area contributed by atoms with E-state index >= 15 is 0 Å². The van der Waals surface area contributed by atoms with Crippen LogP contribution in [0.5, 0.6) is 5.75 Å². The number of benzene rings is 2. The van der Waals surface area contributed by atoms with Crippen LogP contribution < -0.4 is 15.4 Å². The van der Waals surface area contributed by atoms with Crippen molar-refractivity contribution in [1.29, 1.82) is 0 Å². The first kappa shape index (κ1) is 17.9. The highest BCUT2D eigenvalue weighted by atomic mass is 16.5. The Labute approximate surface area is 144 Å². The first-order valence-corrected chi connectivity index (χ1v) is 8.48. The lowest BCUT2D eigenvalue weighted by Crippen LogP contribution is -2.39. The summed E-state index contributed by atoms with van der Waals surface area (Å²) in [7, 11) is 0. The van der Waals surface area contributed by atoms with Crippen LogP contribution in [-0.4, -0.2) is 12.8 Å². The third kappa shape index (κ3) is 5.01. The molecule has 24 heavy (non-hydrogen) atoms. The number of para-hydroxylation sites is 1. The molecule has 4 heteroatoms. The van der Waals surface area contributed by atoms with Crippen molar-refractivity contribution in [3.63, 3.8) is 0 Å². The minimum atomic E-state index is -0.240. The average molecular weight is 326 g/mol. The Bertz CT molecular complexity index is 653. The molecule has 2 rings (SSSR count). The van der Waals surface area contributed by atoms with Gasteiger partial charge in [0.25, 0.3) is 0 Å². The Morgan fingerprint density at radius 1 is 1.04 bits per heavy atom. The van der Waals surface area contributed by atoms with Gasteiger partial charge in [0.1, 0.15) is 5.75 Å². The molecule has 0 spiro atoms. The number of nitrogens with one attached hydrogen (secondary N) is 2. The molecule has 0 heterocycles. The summed E-state index contributed by atoms with van der Waals surface area (Å²) < 4.78 is 5.64. The predicted molar refractivity (Wildman–Crippen MR) is 97.2 cm³/mol. The topological polar surface area (TPSA) is 50.4 Å². The Hall–Kier alpha value is -2.49. The molecular formula is C20H26N2O2. The highest BCUT2D eigenvalue weighted by molar-refractivity contribution is 5.74. The predicted octanol–water partition coefficient (Wildman–Crippen LogP) is 4.21. The van der Waals surface area contributed by atoms with Crippen LogP contribution in [0.1, 0.15) is 43.5 Å². The van der Waals surface area contributed by atoms with Gasteiger partial charge in [-0.2, -0.15) is 0 Å². The molecule has 0 saturated carbocycles. The van der Waals surface area contributed by atoms with E-state index < -0.39 is 0 Å². The van der Waals surface area contributed by atoms with Gasteiger partial charge in [-0.05, 0) is 42.5 Å². The normalized spacial score (nSPS) is 11.6. The van der Waals surface area contributed by atoms with E-state index in [-0.39, 0.29) is 18.8 Å². The molecule has 2 aromatic carbocycles. The van der Waals surface area contributed by atoms with Crippen LogP contribution in [0, 0.1) is 0 Å². The molecule has 0 aliphatic heterocycles. The van der Waals surface area contributed by atoms with E-state index in [4.69, 9.17) is 4.74 Å². The van der Waals surface area contributed by atoms with E-state index in [1.807, 2.05) is 31.2 Å². The summed E-state index contributed by atoms with van der Waals surface area (Å²) in [6, 6.07) is 15.8. The molecule has 0 radical (unpaired) electrons. The largest absolute Gasteiger partial charge is 0.473 e. The van der Waals surface area contributed by atoms with E-state index in [1.165, 1.54) is 5.56 Å². The van der Waals surface area contributed by atoms with Crippen LogP contribution >= 0.6 is 0 Å². The Balaban J connectivity index is 1.80. The van der Waals surface area contributed by atoms with Gasteiger partial charge in [-0.3, -0.25) is 0 Å². The molecule has 2 amide bonds. The summed E-state index contributed by atoms with van der Waals surface area (Å²) in [5.74, 6) is 0.809. The van der Waals surface area contributed by atoms with Crippen LogP contribution in [0.2, 0.25) is 0 Å². The second-order valence-electron chi connectivity index (χ2n) is 5.72. The average Bonchev–Trinajstić information content (AvgIpc) is 2.62. The molecule has 2 N–H and O–H groups in total. The van der Waals surface area contributed by atoms with E-state index in [9.17, 15) is 4.79 Å². The minimum Gasteiger partial charge on any atom is -0.473 e. The molecule has 0 aliphatic carbocycles. The second kappa shape index (κ2) is 8.96. The quantitative estimate of drug-likeness (QED) is 0.749. The zero-order chi connectivity index (χ0) is 17.4. The Morgan fingerprint density at radius 2 is 1.75 bits per heavy atom. The maximum Gasteiger partial charge on any atom is 0.317 e. The lowest BCUT2D eigenvalue weighted by molar-refractivity contribution is 0.221. The van der Waals surface area contributed by atoms with E-state index in [0.717, 1.165) is 29.7 Å². The number of carbonyl (C=O) groups excluding carboxylic acids is 1. The van der Waals surface area contributed by atoms with Crippen molar-refractivity contribution in [2.24, 2.45) is 0 Å². The van der Waals surface area contributed by atoms with Gasteiger partial charge in [0.15, 0.2) is 6.73 Å². The van der Waals surface area contributed by atoms with E-state index in [2.05, 4.69) is 48.7 Å². The zero-order valence-corrected chi connectivity index (χ0v) is 14.6. The fourth-order valence-electron chi connectivity index (χ4n) is 2.49. The van der Waals surface area contributed by atoms with Gasteiger partial charge in [-0.1, -0.05) is 56.3 Å². The Kier molecular flexibility index (Phi) is 6.67. The number of carbonyl (C=O) groups is 1. The lowest BCUT2D eigenvalue weighted by atomic mass is 10.1. The Morgan fingerprint density at radius 3 is 2.42 bits per heavy atom. The van der Waals surface area contributed by atoms with Crippen LogP contribution in [0.15, 0.2) is 48.5 Å². The fourth-order valence-corrected chi connectivity index (χ4v) is 2.49. The van der Waals surface area contributed by atoms with Crippen molar-refractivity contribution >= 4 is 6.03 Å². The molecule has 0 saturated heterocycles. The zero-order valence-electron chi connectivity index (χ0n) is 14.6. The molecule has 2 aromatic rings. The minimum absolute atomic E-state index is 0.0566. The first-order chi connectivity index (χ1) is 11.6. The number of rotatable bonds is 7. The number of hydrogen-bond donors (Lipinski definition) is 2. The number of aryl methyl sites for hydroxylation is 2. The number of amides is 2. The van der Waals surface area contributed by atoms with Crippen molar-refractivity contribution < 1.29 is 9.53 Å². The number of ether oxygens (including phenoxy) is 1. The van der Waals surface area contributed by atoms with Gasteiger partial charge in [-0.25, -0.2) is 4.79 Å². The first-order valence-electron chi connectivity index (χ1n) is 8.48. The van der Waals surface area contributed by atoms with E-state index in [1.54, 1.807) is 0 Å². The van der Waals surface area contributed by atoms with Gasteiger partial charge >= 0.3 is 6.03 Å². The monoisotopic (exact) mass is 326 g/mol. The highest BCUT2D eigenvalue weighted by Crippen LogP contribution is 2.17.